The van der Waals surface area contributed by atoms with Gasteiger partial charge in [-0.15, -0.1) is 11.8 Å². The summed E-state index contributed by atoms with van der Waals surface area (Å²) in [6.45, 7) is 2.17. The van der Waals surface area contributed by atoms with E-state index in [0.29, 0.717) is 18.1 Å². The summed E-state index contributed by atoms with van der Waals surface area (Å²) < 4.78 is 5.34. The molecule has 0 unspecified atom stereocenters. The van der Waals surface area contributed by atoms with Gasteiger partial charge in [-0.3, -0.25) is 0 Å². The smallest absolute Gasteiger partial charge is 0.236 e. The van der Waals surface area contributed by atoms with Crippen LogP contribution in [0.1, 0.15) is 34.0 Å². The molecule has 0 aliphatic heterocycles. The van der Waals surface area contributed by atoms with Crippen molar-refractivity contribution in [3.05, 3.63) is 82.5 Å². The van der Waals surface area contributed by atoms with Crippen molar-refractivity contribution in [3.63, 3.8) is 0 Å². The Morgan fingerprint density at radius 1 is 1.00 bits per heavy atom. The van der Waals surface area contributed by atoms with Crippen LogP contribution in [0.2, 0.25) is 0 Å². The van der Waals surface area contributed by atoms with E-state index in [-0.39, 0.29) is 6.61 Å². The van der Waals surface area contributed by atoms with Crippen LogP contribution in [0.15, 0.2) is 53.1 Å². The van der Waals surface area contributed by atoms with Crippen LogP contribution in [0.25, 0.3) is 0 Å². The zero-order chi connectivity index (χ0) is 16.8. The normalized spacial score (nSPS) is 10.9. The van der Waals surface area contributed by atoms with Gasteiger partial charge in [0, 0.05) is 12.2 Å². The number of aromatic nitrogens is 2. The average molecular weight is 340 g/mol. The summed E-state index contributed by atoms with van der Waals surface area (Å²) in [5, 5.41) is 13.1. The summed E-state index contributed by atoms with van der Waals surface area (Å²) in [4.78, 5) is 4.47. The molecule has 0 fully saturated rings. The molecule has 4 nitrogen and oxygen atoms in total. The van der Waals surface area contributed by atoms with Crippen molar-refractivity contribution in [2.24, 2.45) is 0 Å². The third-order valence-corrected chi connectivity index (χ3v) is 4.81. The first kappa shape index (κ1) is 16.7. The minimum absolute atomic E-state index is 0.0824. The second kappa shape index (κ2) is 8.13. The van der Waals surface area contributed by atoms with Crippen molar-refractivity contribution >= 4 is 11.8 Å². The van der Waals surface area contributed by atoms with Gasteiger partial charge in [-0.05, 0) is 29.2 Å². The highest BCUT2D eigenvalue weighted by molar-refractivity contribution is 7.97. The van der Waals surface area contributed by atoms with Crippen molar-refractivity contribution in [2.45, 2.75) is 31.5 Å². The molecule has 3 aromatic rings. The summed E-state index contributed by atoms with van der Waals surface area (Å²) in [5.41, 5.74) is 4.62. The van der Waals surface area contributed by atoms with Crippen molar-refractivity contribution in [2.75, 3.05) is 0 Å². The first-order valence-electron chi connectivity index (χ1n) is 7.87. The molecular formula is C19H20N2O2S. The van der Waals surface area contributed by atoms with Gasteiger partial charge < -0.3 is 9.63 Å². The molecule has 0 bridgehead atoms. The number of aliphatic hydroxyl groups is 1. The fourth-order valence-corrected chi connectivity index (χ4v) is 3.22. The molecule has 0 saturated carbocycles. The lowest BCUT2D eigenvalue weighted by Crippen LogP contribution is -1.94. The fraction of sp³-hybridized carbons (Fsp3) is 0.263. The van der Waals surface area contributed by atoms with E-state index in [2.05, 4.69) is 29.2 Å². The third kappa shape index (κ3) is 4.46. The quantitative estimate of drug-likeness (QED) is 0.707. The lowest BCUT2D eigenvalue weighted by molar-refractivity contribution is 0.282. The zero-order valence-corrected chi connectivity index (χ0v) is 14.4. The molecule has 1 heterocycles. The topological polar surface area (TPSA) is 59.2 Å². The molecule has 1 N–H and O–H groups in total. The molecule has 0 amide bonds. The van der Waals surface area contributed by atoms with Crippen LogP contribution in [0.3, 0.4) is 0 Å². The highest BCUT2D eigenvalue weighted by Crippen LogP contribution is 2.18. The molecule has 5 heteroatoms. The predicted octanol–water partition coefficient (Wildman–Crippen LogP) is 3.89. The predicted molar refractivity (Wildman–Crippen MR) is 95.6 cm³/mol. The van der Waals surface area contributed by atoms with Gasteiger partial charge in [-0.2, -0.15) is 4.98 Å². The summed E-state index contributed by atoms with van der Waals surface area (Å²) >= 11 is 1.74. The van der Waals surface area contributed by atoms with E-state index in [0.717, 1.165) is 17.1 Å². The summed E-state index contributed by atoms with van der Waals surface area (Å²) in [5.74, 6) is 2.96. The minimum Gasteiger partial charge on any atom is -0.392 e. The van der Waals surface area contributed by atoms with E-state index in [1.54, 1.807) is 11.8 Å². The van der Waals surface area contributed by atoms with Gasteiger partial charge in [-0.25, -0.2) is 0 Å². The molecule has 0 spiro atoms. The van der Waals surface area contributed by atoms with Crippen molar-refractivity contribution in [1.82, 2.24) is 10.1 Å². The first-order valence-corrected chi connectivity index (χ1v) is 9.02. The number of hydrogen-bond acceptors (Lipinski definition) is 5. The van der Waals surface area contributed by atoms with Crippen molar-refractivity contribution < 1.29 is 9.63 Å². The monoisotopic (exact) mass is 340 g/mol. The third-order valence-electron chi connectivity index (χ3n) is 3.82. The number of aryl methyl sites for hydroxylation is 1. The Hall–Kier alpha value is -2.11. The zero-order valence-electron chi connectivity index (χ0n) is 13.6. The van der Waals surface area contributed by atoms with E-state index in [1.807, 2.05) is 36.4 Å². The minimum atomic E-state index is 0.0824. The van der Waals surface area contributed by atoms with Crippen LogP contribution in [0.4, 0.5) is 0 Å². The van der Waals surface area contributed by atoms with Gasteiger partial charge >= 0.3 is 0 Å². The Labute approximate surface area is 145 Å². The van der Waals surface area contributed by atoms with Crippen LogP contribution >= 0.6 is 11.8 Å². The van der Waals surface area contributed by atoms with Gasteiger partial charge in [0.15, 0.2) is 5.82 Å². The van der Waals surface area contributed by atoms with E-state index in [4.69, 9.17) is 9.63 Å². The maximum Gasteiger partial charge on any atom is 0.236 e. The fourth-order valence-electron chi connectivity index (χ4n) is 2.40. The Bertz CT molecular complexity index is 784. The van der Waals surface area contributed by atoms with E-state index >= 15 is 0 Å². The first-order chi connectivity index (χ1) is 11.7. The average Bonchev–Trinajstić information content (AvgIpc) is 3.05. The molecule has 3 rings (SSSR count). The second-order valence-corrected chi connectivity index (χ2v) is 6.66. The number of benzene rings is 2. The molecule has 0 aliphatic rings. The highest BCUT2D eigenvalue weighted by Gasteiger charge is 2.08. The van der Waals surface area contributed by atoms with Crippen LogP contribution < -0.4 is 0 Å². The molecule has 2 aromatic carbocycles. The van der Waals surface area contributed by atoms with Gasteiger partial charge in [-0.1, -0.05) is 53.7 Å². The summed E-state index contributed by atoms with van der Waals surface area (Å²) in [6, 6.07) is 16.2. The standard InChI is InChI=1S/C19H20N2O2S/c1-14-4-2-3-5-17(14)10-18-20-19(23-21-18)13-24-12-16-8-6-15(11-22)7-9-16/h2-9,22H,10-13H2,1H3. The van der Waals surface area contributed by atoms with Crippen LogP contribution in [0.5, 0.6) is 0 Å². The Balaban J connectivity index is 1.51. The Kier molecular flexibility index (Phi) is 5.67. The highest BCUT2D eigenvalue weighted by atomic mass is 32.2. The second-order valence-electron chi connectivity index (χ2n) is 5.68. The number of thioether (sulfide) groups is 1. The number of aliphatic hydroxyl groups excluding tert-OH is 1. The Morgan fingerprint density at radius 3 is 2.50 bits per heavy atom. The maximum absolute atomic E-state index is 9.05. The van der Waals surface area contributed by atoms with Crippen LogP contribution in [0, 0.1) is 6.92 Å². The van der Waals surface area contributed by atoms with Crippen LogP contribution in [-0.2, 0) is 24.5 Å². The van der Waals surface area contributed by atoms with Gasteiger partial charge in [0.1, 0.15) is 0 Å². The molecule has 24 heavy (non-hydrogen) atoms. The van der Waals surface area contributed by atoms with Crippen LogP contribution in [-0.4, -0.2) is 15.2 Å². The molecule has 0 saturated heterocycles. The van der Waals surface area contributed by atoms with E-state index < -0.39 is 0 Å². The van der Waals surface area contributed by atoms with Gasteiger partial charge in [0.25, 0.3) is 0 Å². The number of hydrogen-bond donors (Lipinski definition) is 1. The molecule has 124 valence electrons. The lowest BCUT2D eigenvalue weighted by atomic mass is 10.1. The molecule has 1 aromatic heterocycles. The van der Waals surface area contributed by atoms with Gasteiger partial charge in [0.2, 0.25) is 5.89 Å². The van der Waals surface area contributed by atoms with E-state index in [9.17, 15) is 0 Å². The van der Waals surface area contributed by atoms with Gasteiger partial charge in [0.05, 0.1) is 12.4 Å². The number of nitrogens with zero attached hydrogens (tertiary/aromatic N) is 2. The van der Waals surface area contributed by atoms with Crippen molar-refractivity contribution in [1.29, 1.82) is 0 Å². The Morgan fingerprint density at radius 2 is 1.75 bits per heavy atom. The SMILES string of the molecule is Cc1ccccc1Cc1noc(CSCc2ccc(CO)cc2)n1. The largest absolute Gasteiger partial charge is 0.392 e. The van der Waals surface area contributed by atoms with E-state index in [1.165, 1.54) is 16.7 Å². The molecule has 0 radical (unpaired) electrons. The summed E-state index contributed by atoms with van der Waals surface area (Å²) in [7, 11) is 0. The van der Waals surface area contributed by atoms with Crippen molar-refractivity contribution in [3.8, 4) is 0 Å². The lowest BCUT2D eigenvalue weighted by Gasteiger charge is -2.01. The maximum atomic E-state index is 9.05. The number of rotatable bonds is 7. The molecule has 0 atom stereocenters. The molecule has 0 aliphatic carbocycles. The molecular weight excluding hydrogens is 320 g/mol. The summed E-state index contributed by atoms with van der Waals surface area (Å²) in [6.07, 6.45) is 0.698.